The minimum atomic E-state index is -4.64. The van der Waals surface area contributed by atoms with E-state index in [2.05, 4.69) is 0 Å². The summed E-state index contributed by atoms with van der Waals surface area (Å²) in [5, 5.41) is 0. The second-order valence-electron chi connectivity index (χ2n) is 1.03. The Morgan fingerprint density at radius 2 is 0.529 bits per heavy atom. The normalized spacial score (nSPS) is 6.94. The molecule has 14 nitrogen and oxygen atoms in total. The number of hydrogen-bond donors (Lipinski definition) is 6. The van der Waals surface area contributed by atoms with Crippen LogP contribution < -0.4 is 29.6 Å². The fraction of sp³-hybridized carbons (Fsp3) is 0. The first kappa shape index (κ1) is 64.3. The predicted molar refractivity (Wildman–Crippen MR) is 51.3 cm³/mol. The SMILES string of the molecule is O.O.O.O.O.O.O=P(O)(O)O.O=P(O)(O)O.[H-].[Na+]. The minimum absolute atomic E-state index is 0. The molecule has 0 aromatic carbocycles. The molecule has 0 bridgehead atoms. The summed E-state index contributed by atoms with van der Waals surface area (Å²) in [6.07, 6.45) is 0. The van der Waals surface area contributed by atoms with Crippen molar-refractivity contribution in [2.75, 3.05) is 0 Å². The Balaban J connectivity index is -0.00000000615. The van der Waals surface area contributed by atoms with Crippen molar-refractivity contribution in [1.82, 2.24) is 0 Å². The Labute approximate surface area is 118 Å². The molecule has 18 N–H and O–H groups in total. The number of hydrogen-bond acceptors (Lipinski definition) is 2. The third-order valence-corrected chi connectivity index (χ3v) is 0. The standard InChI is InChI=1S/Na.2H3O4P.6H2O.H/c;2*1-5(2,3)4;;;;;;;/h;2*(H3,1,2,3,4);6*1H2;/q+1;;;;;;;;;-1. The smallest absolute Gasteiger partial charge is 1.00 e. The average molecular weight is 328 g/mol. The van der Waals surface area contributed by atoms with Crippen LogP contribution in [0.25, 0.3) is 0 Å². The summed E-state index contributed by atoms with van der Waals surface area (Å²) in [4.78, 5) is 43.1. The monoisotopic (exact) mass is 328 g/mol. The quantitative estimate of drug-likeness (QED) is 0.182. The molecule has 0 fully saturated rings. The van der Waals surface area contributed by atoms with Crippen LogP contribution >= 0.6 is 15.6 Å². The van der Waals surface area contributed by atoms with E-state index in [1.54, 1.807) is 0 Å². The van der Waals surface area contributed by atoms with Crippen LogP contribution in [-0.2, 0) is 9.13 Å². The Morgan fingerprint density at radius 3 is 0.529 bits per heavy atom. The maximum absolute atomic E-state index is 8.88. The van der Waals surface area contributed by atoms with Gasteiger partial charge in [0.05, 0.1) is 0 Å². The van der Waals surface area contributed by atoms with Gasteiger partial charge in [-0.3, -0.25) is 0 Å². The van der Waals surface area contributed by atoms with E-state index < -0.39 is 15.6 Å². The average Bonchev–Trinajstić information content (AvgIpc) is 1.12. The van der Waals surface area contributed by atoms with Crippen LogP contribution in [0.5, 0.6) is 0 Å². The molecule has 0 rings (SSSR count). The molecule has 17 heavy (non-hydrogen) atoms. The Kier molecular flexibility index (Phi) is 97.3. The van der Waals surface area contributed by atoms with Crippen molar-refractivity contribution in [2.24, 2.45) is 0 Å². The van der Waals surface area contributed by atoms with Crippen LogP contribution in [-0.4, -0.2) is 62.2 Å². The summed E-state index contributed by atoms with van der Waals surface area (Å²) < 4.78 is 17.8. The summed E-state index contributed by atoms with van der Waals surface area (Å²) in [5.41, 5.74) is 0. The van der Waals surface area contributed by atoms with Crippen LogP contribution in [0.2, 0.25) is 0 Å². The van der Waals surface area contributed by atoms with Gasteiger partial charge in [-0.25, -0.2) is 9.13 Å². The molecular weight excluding hydrogens is 309 g/mol. The molecule has 0 amide bonds. The van der Waals surface area contributed by atoms with Gasteiger partial charge in [-0.2, -0.15) is 0 Å². The molecule has 0 saturated carbocycles. The van der Waals surface area contributed by atoms with Crippen LogP contribution in [0.1, 0.15) is 1.43 Å². The largest absolute Gasteiger partial charge is 1.00 e. The molecule has 0 aromatic heterocycles. The van der Waals surface area contributed by atoms with Gasteiger partial charge in [-0.15, -0.1) is 0 Å². The first-order valence-corrected chi connectivity index (χ1v) is 4.70. The summed E-state index contributed by atoms with van der Waals surface area (Å²) in [5.74, 6) is 0. The molecule has 0 aliphatic rings. The zero-order valence-electron chi connectivity index (χ0n) is 9.39. The zero-order valence-corrected chi connectivity index (χ0v) is 12.2. The van der Waals surface area contributed by atoms with Gasteiger partial charge in [0.2, 0.25) is 0 Å². The van der Waals surface area contributed by atoms with E-state index >= 15 is 0 Å². The van der Waals surface area contributed by atoms with Gasteiger partial charge in [-0.1, -0.05) is 0 Å². The van der Waals surface area contributed by atoms with Crippen molar-refractivity contribution in [3.8, 4) is 0 Å². The van der Waals surface area contributed by atoms with E-state index in [1.807, 2.05) is 0 Å². The Morgan fingerprint density at radius 1 is 0.529 bits per heavy atom. The summed E-state index contributed by atoms with van der Waals surface area (Å²) in [7, 11) is -9.28. The molecule has 0 spiro atoms. The van der Waals surface area contributed by atoms with E-state index in [0.29, 0.717) is 0 Å². The van der Waals surface area contributed by atoms with Crippen LogP contribution in [0.3, 0.4) is 0 Å². The first-order chi connectivity index (χ1) is 4.00. The van der Waals surface area contributed by atoms with Gasteiger partial charge >= 0.3 is 45.2 Å². The molecular formula is H19NaO14P2. The second-order valence-corrected chi connectivity index (χ2v) is 3.08. The molecule has 0 radical (unpaired) electrons. The summed E-state index contributed by atoms with van der Waals surface area (Å²) >= 11 is 0. The van der Waals surface area contributed by atoms with E-state index in [1.165, 1.54) is 0 Å². The third-order valence-electron chi connectivity index (χ3n) is 0. The van der Waals surface area contributed by atoms with Gasteiger partial charge < -0.3 is 63.6 Å². The maximum atomic E-state index is 8.88. The molecule has 0 saturated heterocycles. The first-order valence-electron chi connectivity index (χ1n) is 1.57. The second kappa shape index (κ2) is 25.7. The fourth-order valence-corrected chi connectivity index (χ4v) is 0. The van der Waals surface area contributed by atoms with Gasteiger partial charge in [0.25, 0.3) is 0 Å². The number of rotatable bonds is 0. The van der Waals surface area contributed by atoms with E-state index in [4.69, 9.17) is 38.5 Å². The fourth-order valence-electron chi connectivity index (χ4n) is 0. The van der Waals surface area contributed by atoms with Gasteiger partial charge in [-0.05, 0) is 0 Å². The number of phosphoric acid groups is 2. The zero-order chi connectivity index (χ0) is 9.00. The van der Waals surface area contributed by atoms with Crippen LogP contribution in [0, 0.1) is 0 Å². The summed E-state index contributed by atoms with van der Waals surface area (Å²) in [6, 6.07) is 0. The van der Waals surface area contributed by atoms with E-state index in [9.17, 15) is 0 Å². The van der Waals surface area contributed by atoms with Crippen molar-refractivity contribution in [2.45, 2.75) is 0 Å². The van der Waals surface area contributed by atoms with Crippen LogP contribution in [0.15, 0.2) is 0 Å². The van der Waals surface area contributed by atoms with Crippen molar-refractivity contribution in [3.05, 3.63) is 0 Å². The third kappa shape index (κ3) is 3970. The summed E-state index contributed by atoms with van der Waals surface area (Å²) in [6.45, 7) is 0. The van der Waals surface area contributed by atoms with Crippen molar-refractivity contribution in [1.29, 1.82) is 0 Å². The van der Waals surface area contributed by atoms with Crippen molar-refractivity contribution < 1.29 is 102 Å². The van der Waals surface area contributed by atoms with Crippen LogP contribution in [0.4, 0.5) is 0 Å². The van der Waals surface area contributed by atoms with Gasteiger partial charge in [0.15, 0.2) is 0 Å². The molecule has 0 aliphatic carbocycles. The molecule has 114 valence electrons. The molecule has 0 atom stereocenters. The molecule has 17 heteroatoms. The molecule has 0 heterocycles. The van der Waals surface area contributed by atoms with Crippen molar-refractivity contribution >= 4 is 15.6 Å². The van der Waals surface area contributed by atoms with Crippen molar-refractivity contribution in [3.63, 3.8) is 0 Å². The Bertz CT molecular complexity index is 132. The van der Waals surface area contributed by atoms with E-state index in [0.717, 1.165) is 0 Å². The molecule has 0 aliphatic heterocycles. The minimum Gasteiger partial charge on any atom is -1.00 e. The van der Waals surface area contributed by atoms with Gasteiger partial charge in [0.1, 0.15) is 0 Å². The maximum Gasteiger partial charge on any atom is 1.00 e. The Hall–Kier alpha value is 0.980. The topological polar surface area (TPSA) is 345 Å². The predicted octanol–water partition coefficient (Wildman–Crippen LogP) is -9.69. The molecule has 0 aromatic rings. The van der Waals surface area contributed by atoms with E-state index in [-0.39, 0.29) is 63.8 Å². The molecule has 0 unspecified atom stereocenters. The van der Waals surface area contributed by atoms with Gasteiger partial charge in [0, 0.05) is 0 Å².